The van der Waals surface area contributed by atoms with Crippen LogP contribution < -0.4 is 0 Å². The predicted molar refractivity (Wildman–Crippen MR) is 41.3 cm³/mol. The fraction of sp³-hybridized carbons (Fsp3) is 0.667. The second-order valence-electron chi connectivity index (χ2n) is 3.24. The molecule has 0 bridgehead atoms. The van der Waals surface area contributed by atoms with Gasteiger partial charge in [0, 0.05) is 0 Å². The Morgan fingerprint density at radius 2 is 1.18 bits per heavy atom. The smallest absolute Gasteiger partial charge is 0.245 e. The maximum atomic E-state index is 13.0. The summed E-state index contributed by atoms with van der Waals surface area (Å²) in [4.78, 5) is 0. The van der Waals surface area contributed by atoms with E-state index < -0.39 is 45.5 Å². The first-order chi connectivity index (χ1) is 9.31. The van der Waals surface area contributed by atoms with Gasteiger partial charge in [-0.3, -0.25) is 0 Å². The summed E-state index contributed by atoms with van der Waals surface area (Å²) in [5.74, 6) is -4.17. The second-order valence-corrected chi connectivity index (χ2v) is 4.68. The van der Waals surface area contributed by atoms with Crippen LogP contribution in [0.1, 0.15) is 0 Å². The zero-order valence-electron chi connectivity index (χ0n) is 9.17. The fourth-order valence-electron chi connectivity index (χ4n) is 0.827. The van der Waals surface area contributed by atoms with E-state index in [-0.39, 0.29) is 0 Å². The van der Waals surface area contributed by atoms with Crippen molar-refractivity contribution in [3.05, 3.63) is 11.9 Å². The van der Waals surface area contributed by atoms with Crippen molar-refractivity contribution in [3.63, 3.8) is 0 Å². The largest absolute Gasteiger partial charge is 0.449 e. The lowest BCUT2D eigenvalue weighted by Gasteiger charge is -2.32. The molecular weight excluding hydrogens is 380 g/mol. The van der Waals surface area contributed by atoms with Crippen molar-refractivity contribution in [3.8, 4) is 0 Å². The van der Waals surface area contributed by atoms with Gasteiger partial charge in [0.2, 0.25) is 0 Å². The van der Waals surface area contributed by atoms with Crippen molar-refractivity contribution < 1.29 is 65.3 Å². The molecule has 0 radical (unpaired) electrons. The van der Waals surface area contributed by atoms with Crippen LogP contribution in [0.15, 0.2) is 11.9 Å². The number of rotatable bonds is 5. The molecular formula is C6F12O3S. The van der Waals surface area contributed by atoms with E-state index in [0.717, 1.165) is 0 Å². The fourth-order valence-corrected chi connectivity index (χ4v) is 1.43. The Labute approximate surface area is 112 Å². The van der Waals surface area contributed by atoms with E-state index in [0.29, 0.717) is 0 Å². The Kier molecular flexibility index (Phi) is 5.17. The molecule has 0 N–H and O–H groups in total. The van der Waals surface area contributed by atoms with Crippen LogP contribution in [0.4, 0.5) is 52.2 Å². The number of alkyl halides is 8. The van der Waals surface area contributed by atoms with Gasteiger partial charge in [-0.25, -0.2) is 9.13 Å². The minimum Gasteiger partial charge on any atom is -0.245 e. The van der Waals surface area contributed by atoms with E-state index in [1.54, 1.807) is 4.74 Å². The van der Waals surface area contributed by atoms with Gasteiger partial charge in [-0.15, -0.1) is 3.89 Å². The maximum absolute atomic E-state index is 13.0. The zero-order chi connectivity index (χ0) is 18.4. The van der Waals surface area contributed by atoms with Crippen LogP contribution in [0.5, 0.6) is 0 Å². The van der Waals surface area contributed by atoms with Gasteiger partial charge in [0.15, 0.2) is 0 Å². The minimum absolute atomic E-state index is 1.57. The maximum Gasteiger partial charge on any atom is 0.449 e. The molecule has 0 aromatic heterocycles. The van der Waals surface area contributed by atoms with E-state index in [4.69, 9.17) is 0 Å². The number of halogens is 12. The van der Waals surface area contributed by atoms with E-state index in [1.807, 2.05) is 0 Å². The first kappa shape index (κ1) is 20.8. The third-order valence-corrected chi connectivity index (χ3v) is 2.89. The van der Waals surface area contributed by atoms with Crippen LogP contribution in [-0.4, -0.2) is 31.8 Å². The standard InChI is InChI=1S/C6F12O3S/c7-1(2(8)9)3(10,11)21-6(16,17)4(12,5(13,14)15)22(18,19)20. The van der Waals surface area contributed by atoms with Gasteiger partial charge in [-0.2, -0.15) is 52.3 Å². The third kappa shape index (κ3) is 3.41. The molecule has 0 rings (SSSR count). The Morgan fingerprint density at radius 1 is 0.818 bits per heavy atom. The molecule has 0 aromatic carbocycles. The van der Waals surface area contributed by atoms with Gasteiger partial charge >= 0.3 is 39.7 Å². The van der Waals surface area contributed by atoms with E-state index in [9.17, 15) is 60.6 Å². The topological polar surface area (TPSA) is 43.4 Å². The van der Waals surface area contributed by atoms with Gasteiger partial charge in [0.1, 0.15) is 0 Å². The predicted octanol–water partition coefficient (Wildman–Crippen LogP) is 3.79. The van der Waals surface area contributed by atoms with E-state index >= 15 is 0 Å². The molecule has 0 saturated carbocycles. The van der Waals surface area contributed by atoms with Crippen molar-refractivity contribution in [1.82, 2.24) is 0 Å². The highest BCUT2D eigenvalue weighted by Gasteiger charge is 2.83. The average Bonchev–Trinajstić information content (AvgIpc) is 2.21. The second kappa shape index (κ2) is 5.47. The van der Waals surface area contributed by atoms with Crippen molar-refractivity contribution in [1.29, 1.82) is 0 Å². The van der Waals surface area contributed by atoms with Crippen LogP contribution in [0.2, 0.25) is 0 Å². The number of ether oxygens (including phenoxy) is 1. The van der Waals surface area contributed by atoms with Crippen molar-refractivity contribution >= 4 is 10.2 Å². The Bertz CT molecular complexity index is 558. The molecule has 1 unspecified atom stereocenters. The first-order valence-electron chi connectivity index (χ1n) is 4.18. The molecule has 0 aromatic rings. The van der Waals surface area contributed by atoms with Crippen LogP contribution in [0, 0.1) is 0 Å². The average molecular weight is 380 g/mol. The SMILES string of the molecule is O=S(=O)(F)C(F)(C(F)(F)F)C(F)(F)OC(F)(F)C(F)=C(F)F. The summed E-state index contributed by atoms with van der Waals surface area (Å²) in [6, 6.07) is 0. The summed E-state index contributed by atoms with van der Waals surface area (Å²) in [5, 5.41) is -7.41. The van der Waals surface area contributed by atoms with Crippen molar-refractivity contribution in [2.24, 2.45) is 0 Å². The van der Waals surface area contributed by atoms with Gasteiger partial charge in [0.25, 0.3) is 5.83 Å². The summed E-state index contributed by atoms with van der Waals surface area (Å²) in [6.07, 6.45) is -25.4. The molecule has 132 valence electrons. The first-order valence-corrected chi connectivity index (χ1v) is 5.56. The molecule has 0 fully saturated rings. The Hall–Kier alpha value is -1.19. The lowest BCUT2D eigenvalue weighted by Crippen LogP contribution is -2.62. The molecule has 0 heterocycles. The van der Waals surface area contributed by atoms with Crippen LogP contribution >= 0.6 is 0 Å². The van der Waals surface area contributed by atoms with Gasteiger partial charge in [-0.05, 0) is 0 Å². The molecule has 0 aliphatic rings. The molecule has 0 spiro atoms. The Morgan fingerprint density at radius 3 is 1.41 bits per heavy atom. The number of hydrogen-bond donors (Lipinski definition) is 0. The zero-order valence-corrected chi connectivity index (χ0v) is 9.99. The van der Waals surface area contributed by atoms with Gasteiger partial charge < -0.3 is 0 Å². The van der Waals surface area contributed by atoms with Crippen LogP contribution in [0.3, 0.4) is 0 Å². The lowest BCUT2D eigenvalue weighted by atomic mass is 10.3. The summed E-state index contributed by atoms with van der Waals surface area (Å²) >= 11 is 0. The van der Waals surface area contributed by atoms with E-state index in [2.05, 4.69) is 0 Å². The Balaban J connectivity index is 6.17. The molecule has 0 aliphatic heterocycles. The monoisotopic (exact) mass is 380 g/mol. The quantitative estimate of drug-likeness (QED) is 0.539. The molecule has 22 heavy (non-hydrogen) atoms. The highest BCUT2D eigenvalue weighted by molar-refractivity contribution is 7.87. The van der Waals surface area contributed by atoms with Crippen LogP contribution in [0.25, 0.3) is 0 Å². The summed E-state index contributed by atoms with van der Waals surface area (Å²) in [6.45, 7) is 0. The molecule has 0 saturated heterocycles. The summed E-state index contributed by atoms with van der Waals surface area (Å²) in [5.41, 5.74) is 0. The molecule has 3 nitrogen and oxygen atoms in total. The number of hydrogen-bond acceptors (Lipinski definition) is 3. The molecule has 0 aliphatic carbocycles. The molecule has 16 heteroatoms. The lowest BCUT2D eigenvalue weighted by molar-refractivity contribution is -0.419. The van der Waals surface area contributed by atoms with Crippen LogP contribution in [-0.2, 0) is 15.0 Å². The van der Waals surface area contributed by atoms with Crippen molar-refractivity contribution in [2.75, 3.05) is 0 Å². The highest BCUT2D eigenvalue weighted by atomic mass is 32.3. The van der Waals surface area contributed by atoms with Gasteiger partial charge in [0.05, 0.1) is 0 Å². The molecule has 1 atom stereocenters. The normalized spacial score (nSPS) is 17.1. The van der Waals surface area contributed by atoms with Crippen molar-refractivity contribution in [2.45, 2.75) is 23.4 Å². The minimum atomic E-state index is -8.02. The molecule has 0 amide bonds. The summed E-state index contributed by atoms with van der Waals surface area (Å²) < 4.78 is 168. The third-order valence-electron chi connectivity index (χ3n) is 1.75. The van der Waals surface area contributed by atoms with Gasteiger partial charge in [-0.1, -0.05) is 0 Å². The van der Waals surface area contributed by atoms with E-state index in [1.165, 1.54) is 0 Å². The summed E-state index contributed by atoms with van der Waals surface area (Å²) in [7, 11) is -8.02. The highest BCUT2D eigenvalue weighted by Crippen LogP contribution is 2.52.